The summed E-state index contributed by atoms with van der Waals surface area (Å²) in [6.45, 7) is 4.63. The zero-order chi connectivity index (χ0) is 6.74. The van der Waals surface area contributed by atoms with Crippen LogP contribution in [0.15, 0.2) is 0 Å². The number of rotatable bonds is 2. The molecule has 1 fully saturated rings. The lowest BCUT2D eigenvalue weighted by atomic mass is 9.84. The van der Waals surface area contributed by atoms with Crippen molar-refractivity contribution in [3.05, 3.63) is 6.42 Å². The molecule has 1 radical (unpaired) electrons. The van der Waals surface area contributed by atoms with Gasteiger partial charge in [-0.2, -0.15) is 0 Å². The summed E-state index contributed by atoms with van der Waals surface area (Å²) in [7, 11) is 0. The average molecular weight is 125 g/mol. The first-order chi connectivity index (χ1) is 4.27. The van der Waals surface area contributed by atoms with Crippen molar-refractivity contribution in [2.45, 2.75) is 46.0 Å². The molecule has 0 unspecified atom stereocenters. The Labute approximate surface area is 58.7 Å². The van der Waals surface area contributed by atoms with Crippen LogP contribution in [0, 0.1) is 11.8 Å². The standard InChI is InChI=1S/C9H17/c1-3-6-9(2)7-4-5-8-9/h6H,3-5,7-8H2,1-2H3. The van der Waals surface area contributed by atoms with Crippen molar-refractivity contribution in [1.29, 1.82) is 0 Å². The van der Waals surface area contributed by atoms with E-state index >= 15 is 0 Å². The molecule has 0 heterocycles. The van der Waals surface area contributed by atoms with Crippen LogP contribution in [0.4, 0.5) is 0 Å². The molecule has 0 N–H and O–H groups in total. The van der Waals surface area contributed by atoms with Crippen LogP contribution >= 0.6 is 0 Å². The Hall–Kier alpha value is 0. The summed E-state index contributed by atoms with van der Waals surface area (Å²) in [5.41, 5.74) is 0.620. The quantitative estimate of drug-likeness (QED) is 0.531. The Morgan fingerprint density at radius 3 is 2.33 bits per heavy atom. The van der Waals surface area contributed by atoms with Crippen molar-refractivity contribution >= 4 is 0 Å². The minimum Gasteiger partial charge on any atom is -0.0651 e. The second-order valence-electron chi connectivity index (χ2n) is 3.47. The Balaban J connectivity index is 2.32. The van der Waals surface area contributed by atoms with Gasteiger partial charge in [-0.1, -0.05) is 33.1 Å². The minimum absolute atomic E-state index is 0.620. The zero-order valence-electron chi connectivity index (χ0n) is 6.61. The summed E-state index contributed by atoms with van der Waals surface area (Å²) >= 11 is 0. The molecule has 0 heteroatoms. The van der Waals surface area contributed by atoms with Crippen molar-refractivity contribution in [2.24, 2.45) is 5.41 Å². The van der Waals surface area contributed by atoms with Crippen LogP contribution in [-0.2, 0) is 0 Å². The van der Waals surface area contributed by atoms with Gasteiger partial charge in [-0.25, -0.2) is 0 Å². The minimum atomic E-state index is 0.620. The lowest BCUT2D eigenvalue weighted by molar-refractivity contribution is 0.395. The molecule has 53 valence electrons. The van der Waals surface area contributed by atoms with Crippen molar-refractivity contribution in [3.63, 3.8) is 0 Å². The molecule has 0 nitrogen and oxygen atoms in total. The molecule has 0 aromatic rings. The van der Waals surface area contributed by atoms with Gasteiger partial charge >= 0.3 is 0 Å². The smallest absolute Gasteiger partial charge is 0.0295 e. The van der Waals surface area contributed by atoms with Crippen LogP contribution in [0.3, 0.4) is 0 Å². The van der Waals surface area contributed by atoms with E-state index in [1.807, 2.05) is 0 Å². The fraction of sp³-hybridized carbons (Fsp3) is 0.889. The van der Waals surface area contributed by atoms with Crippen LogP contribution in [0.5, 0.6) is 0 Å². The molecule has 1 aliphatic rings. The molecule has 0 saturated heterocycles. The fourth-order valence-corrected chi connectivity index (χ4v) is 1.88. The molecule has 0 amide bonds. The normalized spacial score (nSPS) is 24.7. The van der Waals surface area contributed by atoms with Gasteiger partial charge in [0.2, 0.25) is 0 Å². The number of hydrogen-bond acceptors (Lipinski definition) is 0. The van der Waals surface area contributed by atoms with Gasteiger partial charge in [0.05, 0.1) is 0 Å². The van der Waals surface area contributed by atoms with Crippen LogP contribution < -0.4 is 0 Å². The lowest BCUT2D eigenvalue weighted by Gasteiger charge is -2.21. The predicted molar refractivity (Wildman–Crippen MR) is 41.2 cm³/mol. The van der Waals surface area contributed by atoms with Gasteiger partial charge in [-0.3, -0.25) is 0 Å². The van der Waals surface area contributed by atoms with E-state index in [2.05, 4.69) is 20.3 Å². The van der Waals surface area contributed by atoms with E-state index in [1.54, 1.807) is 0 Å². The molecule has 0 aliphatic heterocycles. The van der Waals surface area contributed by atoms with Crippen LogP contribution in [-0.4, -0.2) is 0 Å². The lowest BCUT2D eigenvalue weighted by Crippen LogP contribution is -2.10. The SMILES string of the molecule is CC[CH]C1(C)CCCC1. The third kappa shape index (κ3) is 1.70. The first-order valence-electron chi connectivity index (χ1n) is 4.11. The topological polar surface area (TPSA) is 0 Å². The molecular weight excluding hydrogens is 108 g/mol. The second-order valence-corrected chi connectivity index (χ2v) is 3.47. The third-order valence-corrected chi connectivity index (χ3v) is 2.44. The van der Waals surface area contributed by atoms with Gasteiger partial charge in [-0.15, -0.1) is 0 Å². The largest absolute Gasteiger partial charge is 0.0651 e. The maximum atomic E-state index is 2.49. The maximum Gasteiger partial charge on any atom is -0.0295 e. The van der Waals surface area contributed by atoms with Crippen LogP contribution in [0.25, 0.3) is 0 Å². The van der Waals surface area contributed by atoms with E-state index in [0.717, 1.165) is 0 Å². The highest BCUT2D eigenvalue weighted by atomic mass is 14.3. The Morgan fingerprint density at radius 1 is 1.33 bits per heavy atom. The summed E-state index contributed by atoms with van der Waals surface area (Å²) in [5, 5.41) is 0. The molecule has 0 bridgehead atoms. The van der Waals surface area contributed by atoms with E-state index in [-0.39, 0.29) is 0 Å². The summed E-state index contributed by atoms with van der Waals surface area (Å²) in [6, 6.07) is 0. The molecule has 0 atom stereocenters. The first-order valence-corrected chi connectivity index (χ1v) is 4.11. The van der Waals surface area contributed by atoms with Gasteiger partial charge < -0.3 is 0 Å². The summed E-state index contributed by atoms with van der Waals surface area (Å²) < 4.78 is 0. The number of hydrogen-bond donors (Lipinski definition) is 0. The summed E-state index contributed by atoms with van der Waals surface area (Å²) in [6.07, 6.45) is 9.50. The highest BCUT2D eigenvalue weighted by Crippen LogP contribution is 2.40. The van der Waals surface area contributed by atoms with Gasteiger partial charge in [0.1, 0.15) is 0 Å². The highest BCUT2D eigenvalue weighted by molar-refractivity contribution is 4.91. The summed E-state index contributed by atoms with van der Waals surface area (Å²) in [5.74, 6) is 0. The molecule has 9 heavy (non-hydrogen) atoms. The monoisotopic (exact) mass is 125 g/mol. The van der Waals surface area contributed by atoms with Gasteiger partial charge in [0.25, 0.3) is 0 Å². The third-order valence-electron chi connectivity index (χ3n) is 2.44. The zero-order valence-corrected chi connectivity index (χ0v) is 6.61. The first kappa shape index (κ1) is 7.11. The second kappa shape index (κ2) is 2.72. The van der Waals surface area contributed by atoms with Crippen molar-refractivity contribution in [2.75, 3.05) is 0 Å². The molecular formula is C9H17. The Kier molecular flexibility index (Phi) is 2.15. The maximum absolute atomic E-state index is 2.49. The molecule has 0 aromatic carbocycles. The molecule has 1 saturated carbocycles. The molecule has 1 rings (SSSR count). The Bertz CT molecular complexity index is 78.0. The molecule has 0 aromatic heterocycles. The van der Waals surface area contributed by atoms with Crippen molar-refractivity contribution < 1.29 is 0 Å². The summed E-state index contributed by atoms with van der Waals surface area (Å²) in [4.78, 5) is 0. The molecule has 1 aliphatic carbocycles. The van der Waals surface area contributed by atoms with Crippen molar-refractivity contribution in [3.8, 4) is 0 Å². The fourth-order valence-electron chi connectivity index (χ4n) is 1.88. The van der Waals surface area contributed by atoms with Gasteiger partial charge in [-0.05, 0) is 24.7 Å². The highest BCUT2D eigenvalue weighted by Gasteiger charge is 2.27. The predicted octanol–water partition coefficient (Wildman–Crippen LogP) is 3.18. The van der Waals surface area contributed by atoms with Crippen LogP contribution in [0.2, 0.25) is 0 Å². The van der Waals surface area contributed by atoms with Crippen LogP contribution in [0.1, 0.15) is 46.0 Å². The van der Waals surface area contributed by atoms with E-state index in [4.69, 9.17) is 0 Å². The van der Waals surface area contributed by atoms with E-state index in [1.165, 1.54) is 32.1 Å². The average Bonchev–Trinajstić information content (AvgIpc) is 2.16. The van der Waals surface area contributed by atoms with Gasteiger partial charge in [0.15, 0.2) is 0 Å². The van der Waals surface area contributed by atoms with Crippen molar-refractivity contribution in [1.82, 2.24) is 0 Å². The van der Waals surface area contributed by atoms with Gasteiger partial charge in [0, 0.05) is 0 Å². The Morgan fingerprint density at radius 2 is 1.89 bits per heavy atom. The van der Waals surface area contributed by atoms with E-state index < -0.39 is 0 Å². The van der Waals surface area contributed by atoms with E-state index in [0.29, 0.717) is 5.41 Å². The van der Waals surface area contributed by atoms with E-state index in [9.17, 15) is 0 Å². The molecule has 0 spiro atoms.